The van der Waals surface area contributed by atoms with E-state index in [0.717, 1.165) is 0 Å². The van der Waals surface area contributed by atoms with Crippen molar-refractivity contribution in [2.45, 2.75) is 63.7 Å². The molecule has 0 bridgehead atoms. The number of hydrogen-bond donors (Lipinski definition) is 7. The number of nitrogens with two attached hydrogens (primary N) is 2. The lowest BCUT2D eigenvalue weighted by atomic mass is 9.98. The van der Waals surface area contributed by atoms with Gasteiger partial charge in [0.15, 0.2) is 5.96 Å². The molecule has 15 heteroatoms. The Hall–Kier alpha value is -4.69. The standard InChI is InChI=1S/C27H40N8O7/c1-15(2)22-25(41)33-17(10-7-11-30-27(28)29)23(39)31-14-20(36)32-18(13-21(37)38)24(40)34-19(26(42)35(22)3)12-16-8-5-4-6-9-16/h4-6,8-9,15,17-19,22H,7,10-14H2,1-3H3,(H,31,39)(H,32,36)(H,33,41)(H,34,40)(H,37,38)(H4,28,29,30)/t17-,18+,19-,22+/m1/s1. The largest absolute Gasteiger partial charge is 0.481 e. The van der Waals surface area contributed by atoms with Crippen LogP contribution in [0.4, 0.5) is 0 Å². The molecule has 5 amide bonds. The quantitative estimate of drug-likeness (QED) is 0.0942. The molecule has 1 aliphatic heterocycles. The summed E-state index contributed by atoms with van der Waals surface area (Å²) in [5.41, 5.74) is 11.4. The molecular formula is C27H40N8O7. The van der Waals surface area contributed by atoms with E-state index < -0.39 is 78.6 Å². The first kappa shape index (κ1) is 33.5. The average molecular weight is 589 g/mol. The Kier molecular flexibility index (Phi) is 12.7. The molecule has 1 heterocycles. The van der Waals surface area contributed by atoms with Gasteiger partial charge in [0.25, 0.3) is 0 Å². The number of benzene rings is 1. The molecule has 1 aliphatic rings. The zero-order chi connectivity index (χ0) is 31.4. The van der Waals surface area contributed by atoms with Gasteiger partial charge in [-0.15, -0.1) is 0 Å². The van der Waals surface area contributed by atoms with Crippen molar-refractivity contribution in [3.8, 4) is 0 Å². The van der Waals surface area contributed by atoms with Gasteiger partial charge in [-0.3, -0.25) is 33.8 Å². The molecule has 0 spiro atoms. The molecule has 4 atom stereocenters. The number of hydrogen-bond acceptors (Lipinski definition) is 7. The van der Waals surface area contributed by atoms with Crippen LogP contribution in [0.3, 0.4) is 0 Å². The van der Waals surface area contributed by atoms with Crippen LogP contribution in [0.1, 0.15) is 38.7 Å². The SMILES string of the molecule is CC(C)[C@H]1C(=O)N[C@H](CCCN=C(N)N)C(=O)NCC(=O)N[C@@H](CC(=O)O)C(=O)N[C@H](Cc2ccccc2)C(=O)N1C. The van der Waals surface area contributed by atoms with Crippen molar-refractivity contribution in [1.82, 2.24) is 26.2 Å². The van der Waals surface area contributed by atoms with Gasteiger partial charge in [-0.1, -0.05) is 44.2 Å². The van der Waals surface area contributed by atoms with Crippen molar-refractivity contribution < 1.29 is 33.9 Å². The second kappa shape index (κ2) is 15.9. The number of nitrogens with zero attached hydrogens (tertiary/aromatic N) is 2. The lowest BCUT2D eigenvalue weighted by Gasteiger charge is -2.34. The Balaban J connectivity index is 2.50. The predicted molar refractivity (Wildman–Crippen MR) is 153 cm³/mol. The maximum atomic E-state index is 13.8. The summed E-state index contributed by atoms with van der Waals surface area (Å²) in [6.07, 6.45) is -0.322. The summed E-state index contributed by atoms with van der Waals surface area (Å²) in [7, 11) is 1.42. The number of aliphatic imine (C=N–C) groups is 1. The number of guanidine groups is 1. The van der Waals surface area contributed by atoms with Gasteiger partial charge in [-0.05, 0) is 24.3 Å². The number of rotatable bonds is 9. The third-order valence-corrected chi connectivity index (χ3v) is 6.59. The normalized spacial score (nSPS) is 22.7. The van der Waals surface area contributed by atoms with Crippen molar-refractivity contribution in [3.63, 3.8) is 0 Å². The molecule has 0 aliphatic carbocycles. The number of carboxylic acid groups (broad SMARTS) is 1. The third kappa shape index (κ3) is 10.4. The molecule has 42 heavy (non-hydrogen) atoms. The molecule has 0 unspecified atom stereocenters. The molecule has 1 aromatic carbocycles. The maximum absolute atomic E-state index is 13.8. The smallest absolute Gasteiger partial charge is 0.305 e. The number of carbonyl (C=O) groups is 6. The fourth-order valence-corrected chi connectivity index (χ4v) is 4.58. The van der Waals surface area contributed by atoms with E-state index >= 15 is 0 Å². The third-order valence-electron chi connectivity index (χ3n) is 6.59. The lowest BCUT2D eigenvalue weighted by Crippen LogP contribution is -2.59. The van der Waals surface area contributed by atoms with E-state index in [1.807, 2.05) is 0 Å². The van der Waals surface area contributed by atoms with Crippen LogP contribution < -0.4 is 32.7 Å². The molecule has 0 aromatic heterocycles. The van der Waals surface area contributed by atoms with E-state index in [1.165, 1.54) is 11.9 Å². The van der Waals surface area contributed by atoms with E-state index in [-0.39, 0.29) is 25.3 Å². The minimum atomic E-state index is -1.54. The van der Waals surface area contributed by atoms with Crippen molar-refractivity contribution in [1.29, 1.82) is 0 Å². The Bertz CT molecular complexity index is 1170. The number of aliphatic carboxylic acids is 1. The zero-order valence-corrected chi connectivity index (χ0v) is 24.0. The van der Waals surface area contributed by atoms with Gasteiger partial charge in [0, 0.05) is 20.0 Å². The fourth-order valence-electron chi connectivity index (χ4n) is 4.58. The molecule has 0 radical (unpaired) electrons. The van der Waals surface area contributed by atoms with E-state index in [4.69, 9.17) is 11.5 Å². The van der Waals surface area contributed by atoms with E-state index in [9.17, 15) is 33.9 Å². The summed E-state index contributed by atoms with van der Waals surface area (Å²) < 4.78 is 0. The minimum Gasteiger partial charge on any atom is -0.481 e. The van der Waals surface area contributed by atoms with Gasteiger partial charge in [0.05, 0.1) is 13.0 Å². The Morgan fingerprint density at radius 3 is 2.21 bits per heavy atom. The van der Waals surface area contributed by atoms with Crippen molar-refractivity contribution in [3.05, 3.63) is 35.9 Å². The highest BCUT2D eigenvalue weighted by molar-refractivity contribution is 5.98. The van der Waals surface area contributed by atoms with E-state index in [2.05, 4.69) is 26.3 Å². The van der Waals surface area contributed by atoms with Gasteiger partial charge in [-0.2, -0.15) is 0 Å². The Morgan fingerprint density at radius 2 is 1.62 bits per heavy atom. The molecule has 2 rings (SSSR count). The van der Waals surface area contributed by atoms with Gasteiger partial charge in [-0.25, -0.2) is 0 Å². The number of carbonyl (C=O) groups excluding carboxylic acids is 5. The summed E-state index contributed by atoms with van der Waals surface area (Å²) >= 11 is 0. The Labute approximate surface area is 243 Å². The first-order valence-corrected chi connectivity index (χ1v) is 13.6. The topological polar surface area (TPSA) is 238 Å². The second-order valence-electron chi connectivity index (χ2n) is 10.3. The number of amides is 5. The van der Waals surface area contributed by atoms with Crippen LogP contribution in [0.2, 0.25) is 0 Å². The number of nitrogens with one attached hydrogen (secondary N) is 4. The van der Waals surface area contributed by atoms with Crippen LogP contribution in [0.5, 0.6) is 0 Å². The summed E-state index contributed by atoms with van der Waals surface area (Å²) in [6.45, 7) is 3.04. The summed E-state index contributed by atoms with van der Waals surface area (Å²) in [6, 6.07) is 3.92. The Morgan fingerprint density at radius 1 is 0.976 bits per heavy atom. The van der Waals surface area contributed by atoms with Crippen LogP contribution in [-0.2, 0) is 35.2 Å². The van der Waals surface area contributed by atoms with E-state index in [1.54, 1.807) is 44.2 Å². The molecule has 230 valence electrons. The monoisotopic (exact) mass is 588 g/mol. The zero-order valence-electron chi connectivity index (χ0n) is 24.0. The number of likely N-dealkylation sites (N-methyl/N-ethyl adjacent to an activating group) is 1. The fraction of sp³-hybridized carbons (Fsp3) is 0.519. The van der Waals surface area contributed by atoms with Crippen molar-refractivity contribution in [2.75, 3.05) is 20.1 Å². The van der Waals surface area contributed by atoms with Gasteiger partial charge >= 0.3 is 5.97 Å². The van der Waals surface area contributed by atoms with Gasteiger partial charge < -0.3 is 42.7 Å². The highest BCUT2D eigenvalue weighted by Crippen LogP contribution is 2.15. The van der Waals surface area contributed by atoms with Crippen LogP contribution in [0.15, 0.2) is 35.3 Å². The molecule has 0 saturated carbocycles. The highest BCUT2D eigenvalue weighted by atomic mass is 16.4. The molecule has 1 saturated heterocycles. The van der Waals surface area contributed by atoms with Crippen LogP contribution >= 0.6 is 0 Å². The summed E-state index contributed by atoms with van der Waals surface area (Å²) in [5, 5.41) is 19.3. The van der Waals surface area contributed by atoms with Crippen LogP contribution in [-0.4, -0.2) is 95.8 Å². The molecular weight excluding hydrogens is 548 g/mol. The minimum absolute atomic E-state index is 0.0311. The average Bonchev–Trinajstić information content (AvgIpc) is 2.91. The first-order chi connectivity index (χ1) is 19.8. The predicted octanol–water partition coefficient (Wildman–Crippen LogP) is -2.18. The molecule has 1 fully saturated rings. The van der Waals surface area contributed by atoms with Gasteiger partial charge in [0.2, 0.25) is 29.5 Å². The van der Waals surface area contributed by atoms with Crippen LogP contribution in [0, 0.1) is 5.92 Å². The number of carboxylic acids is 1. The summed E-state index contributed by atoms with van der Waals surface area (Å²) in [5.74, 6) is -5.58. The van der Waals surface area contributed by atoms with Crippen molar-refractivity contribution in [2.24, 2.45) is 22.4 Å². The second-order valence-corrected chi connectivity index (χ2v) is 10.3. The summed E-state index contributed by atoms with van der Waals surface area (Å²) in [4.78, 5) is 82.8. The van der Waals surface area contributed by atoms with Crippen molar-refractivity contribution >= 4 is 41.5 Å². The molecule has 9 N–H and O–H groups in total. The van der Waals surface area contributed by atoms with Gasteiger partial charge in [0.1, 0.15) is 24.2 Å². The highest BCUT2D eigenvalue weighted by Gasteiger charge is 2.37. The molecule has 15 nitrogen and oxygen atoms in total. The first-order valence-electron chi connectivity index (χ1n) is 13.6. The van der Waals surface area contributed by atoms with E-state index in [0.29, 0.717) is 12.0 Å². The van der Waals surface area contributed by atoms with Crippen LogP contribution in [0.25, 0.3) is 0 Å². The lowest BCUT2D eigenvalue weighted by molar-refractivity contribution is -0.144. The maximum Gasteiger partial charge on any atom is 0.305 e. The molecule has 1 aromatic rings.